The molecule has 0 bridgehead atoms. The lowest BCUT2D eigenvalue weighted by atomic mass is 10.1. The molecular formula is C18H13ClFNO3. The molecular weight excluding hydrogens is 333 g/mol. The molecule has 0 saturated heterocycles. The van der Waals surface area contributed by atoms with E-state index >= 15 is 0 Å². The number of ether oxygens (including phenoxy) is 1. The van der Waals surface area contributed by atoms with Crippen LogP contribution in [-0.2, 0) is 11.8 Å². The first-order valence-corrected chi connectivity index (χ1v) is 7.45. The second kappa shape index (κ2) is 6.37. The summed E-state index contributed by atoms with van der Waals surface area (Å²) < 4.78 is 21.3. The molecule has 0 fully saturated rings. The third kappa shape index (κ3) is 3.12. The van der Waals surface area contributed by atoms with Gasteiger partial charge in [0.1, 0.15) is 17.3 Å². The molecule has 1 aromatic heterocycles. The number of hydrogen-bond donors (Lipinski definition) is 1. The molecule has 3 rings (SSSR count). The lowest BCUT2D eigenvalue weighted by Gasteiger charge is -2.09. The molecule has 1 heterocycles. The Labute approximate surface area is 142 Å². The van der Waals surface area contributed by atoms with Crippen LogP contribution in [0.2, 0.25) is 5.02 Å². The standard InChI is InChI=1S/C18H13ClFNO3/c1-21-10-11(5-8-17(22)23)18-15(21)3-2-4-16(18)24-12-6-7-13(19)14(20)9-12/h2-10H,1H3,(H,22,23)/b8-5+. The van der Waals surface area contributed by atoms with Crippen LogP contribution in [0.15, 0.2) is 48.7 Å². The van der Waals surface area contributed by atoms with Crippen LogP contribution in [0.3, 0.4) is 0 Å². The van der Waals surface area contributed by atoms with Gasteiger partial charge >= 0.3 is 5.97 Å². The summed E-state index contributed by atoms with van der Waals surface area (Å²) in [6.45, 7) is 0. The molecule has 2 aromatic carbocycles. The van der Waals surface area contributed by atoms with Crippen molar-refractivity contribution < 1.29 is 19.0 Å². The summed E-state index contributed by atoms with van der Waals surface area (Å²) in [5.74, 6) is -0.799. The largest absolute Gasteiger partial charge is 0.478 e. The minimum atomic E-state index is -1.04. The van der Waals surface area contributed by atoms with Crippen LogP contribution < -0.4 is 4.74 Å². The summed E-state index contributed by atoms with van der Waals surface area (Å²) in [5, 5.41) is 9.60. The van der Waals surface area contributed by atoms with E-state index in [9.17, 15) is 9.18 Å². The van der Waals surface area contributed by atoms with E-state index in [0.717, 1.165) is 17.0 Å². The van der Waals surface area contributed by atoms with Gasteiger partial charge in [-0.25, -0.2) is 9.18 Å². The fraction of sp³-hybridized carbons (Fsp3) is 0.0556. The summed E-state index contributed by atoms with van der Waals surface area (Å²) in [6.07, 6.45) is 4.37. The quantitative estimate of drug-likeness (QED) is 0.687. The molecule has 0 atom stereocenters. The van der Waals surface area contributed by atoms with E-state index in [1.54, 1.807) is 18.3 Å². The Morgan fingerprint density at radius 3 is 2.83 bits per heavy atom. The zero-order valence-corrected chi connectivity index (χ0v) is 13.4. The third-order valence-corrected chi connectivity index (χ3v) is 3.84. The highest BCUT2D eigenvalue weighted by molar-refractivity contribution is 6.30. The normalized spacial score (nSPS) is 11.3. The van der Waals surface area contributed by atoms with Crippen molar-refractivity contribution >= 4 is 34.5 Å². The first-order chi connectivity index (χ1) is 11.5. The van der Waals surface area contributed by atoms with Crippen LogP contribution in [-0.4, -0.2) is 15.6 Å². The first kappa shape index (κ1) is 16.1. The van der Waals surface area contributed by atoms with Gasteiger partial charge < -0.3 is 14.4 Å². The number of carbonyl (C=O) groups is 1. The fourth-order valence-corrected chi connectivity index (χ4v) is 2.60. The topological polar surface area (TPSA) is 51.5 Å². The van der Waals surface area contributed by atoms with E-state index < -0.39 is 11.8 Å². The van der Waals surface area contributed by atoms with Gasteiger partial charge in [-0.15, -0.1) is 0 Å². The van der Waals surface area contributed by atoms with Crippen LogP contribution in [0, 0.1) is 5.82 Å². The number of carboxylic acid groups (broad SMARTS) is 1. The number of hydrogen-bond acceptors (Lipinski definition) is 2. The van der Waals surface area contributed by atoms with E-state index in [-0.39, 0.29) is 5.02 Å². The zero-order chi connectivity index (χ0) is 17.3. The molecule has 24 heavy (non-hydrogen) atoms. The first-order valence-electron chi connectivity index (χ1n) is 7.07. The molecule has 1 N–H and O–H groups in total. The monoisotopic (exact) mass is 345 g/mol. The summed E-state index contributed by atoms with van der Waals surface area (Å²) >= 11 is 5.68. The van der Waals surface area contributed by atoms with Gasteiger partial charge in [0.15, 0.2) is 0 Å². The Hall–Kier alpha value is -2.79. The van der Waals surface area contributed by atoms with E-state index in [1.165, 1.54) is 18.2 Å². The second-order valence-corrected chi connectivity index (χ2v) is 5.60. The number of carboxylic acids is 1. The van der Waals surface area contributed by atoms with Crippen molar-refractivity contribution in [2.24, 2.45) is 7.05 Å². The third-order valence-electron chi connectivity index (χ3n) is 3.53. The Morgan fingerprint density at radius 1 is 1.33 bits per heavy atom. The predicted molar refractivity (Wildman–Crippen MR) is 91.1 cm³/mol. The lowest BCUT2D eigenvalue weighted by Crippen LogP contribution is -1.89. The Balaban J connectivity index is 2.10. The van der Waals surface area contributed by atoms with Gasteiger partial charge in [-0.1, -0.05) is 17.7 Å². The minimum Gasteiger partial charge on any atom is -0.478 e. The molecule has 0 aliphatic rings. The number of halogens is 2. The van der Waals surface area contributed by atoms with Gasteiger partial charge in [0.25, 0.3) is 0 Å². The molecule has 0 unspecified atom stereocenters. The highest BCUT2D eigenvalue weighted by Gasteiger charge is 2.12. The number of rotatable bonds is 4. The Kier molecular flexibility index (Phi) is 4.27. The van der Waals surface area contributed by atoms with Gasteiger partial charge in [0, 0.05) is 36.3 Å². The van der Waals surface area contributed by atoms with Crippen molar-refractivity contribution in [3.05, 3.63) is 65.1 Å². The van der Waals surface area contributed by atoms with Crippen LogP contribution in [0.25, 0.3) is 17.0 Å². The summed E-state index contributed by atoms with van der Waals surface area (Å²) in [6, 6.07) is 9.64. The van der Waals surface area contributed by atoms with E-state index in [0.29, 0.717) is 17.1 Å². The van der Waals surface area contributed by atoms with Gasteiger partial charge in [-0.05, 0) is 30.3 Å². The molecule has 0 spiro atoms. The number of fused-ring (bicyclic) bond motifs is 1. The van der Waals surface area contributed by atoms with E-state index in [2.05, 4.69) is 0 Å². The Bertz CT molecular complexity index is 962. The zero-order valence-electron chi connectivity index (χ0n) is 12.7. The van der Waals surface area contributed by atoms with Crippen molar-refractivity contribution in [3.8, 4) is 11.5 Å². The summed E-state index contributed by atoms with van der Waals surface area (Å²) in [5.41, 5.74) is 1.56. The van der Waals surface area contributed by atoms with Crippen molar-refractivity contribution in [1.82, 2.24) is 4.57 Å². The summed E-state index contributed by atoms with van der Waals surface area (Å²) in [4.78, 5) is 10.8. The molecule has 0 aliphatic carbocycles. The smallest absolute Gasteiger partial charge is 0.328 e. The van der Waals surface area contributed by atoms with Gasteiger partial charge in [0.2, 0.25) is 0 Å². The van der Waals surface area contributed by atoms with Crippen molar-refractivity contribution in [2.75, 3.05) is 0 Å². The molecule has 122 valence electrons. The molecule has 4 nitrogen and oxygen atoms in total. The number of nitrogens with zero attached hydrogens (tertiary/aromatic N) is 1. The molecule has 0 aliphatic heterocycles. The summed E-state index contributed by atoms with van der Waals surface area (Å²) in [7, 11) is 1.85. The second-order valence-electron chi connectivity index (χ2n) is 5.20. The van der Waals surface area contributed by atoms with Crippen molar-refractivity contribution in [3.63, 3.8) is 0 Å². The predicted octanol–water partition coefficient (Wildman–Crippen LogP) is 4.86. The fourth-order valence-electron chi connectivity index (χ4n) is 2.49. The van der Waals surface area contributed by atoms with Gasteiger partial charge in [-0.2, -0.15) is 0 Å². The number of aromatic nitrogens is 1. The highest BCUT2D eigenvalue weighted by Crippen LogP contribution is 2.34. The lowest BCUT2D eigenvalue weighted by molar-refractivity contribution is -0.131. The van der Waals surface area contributed by atoms with E-state index in [4.69, 9.17) is 21.4 Å². The van der Waals surface area contributed by atoms with Crippen molar-refractivity contribution in [2.45, 2.75) is 0 Å². The van der Waals surface area contributed by atoms with Crippen LogP contribution >= 0.6 is 11.6 Å². The van der Waals surface area contributed by atoms with Crippen LogP contribution in [0.5, 0.6) is 11.5 Å². The van der Waals surface area contributed by atoms with Crippen molar-refractivity contribution in [1.29, 1.82) is 0 Å². The molecule has 3 aromatic rings. The van der Waals surface area contributed by atoms with E-state index in [1.807, 2.05) is 23.7 Å². The molecule has 6 heteroatoms. The average Bonchev–Trinajstić information content (AvgIpc) is 2.86. The number of benzene rings is 2. The Morgan fingerprint density at radius 2 is 2.12 bits per heavy atom. The average molecular weight is 346 g/mol. The minimum absolute atomic E-state index is 0.0188. The maximum Gasteiger partial charge on any atom is 0.328 e. The number of aryl methyl sites for hydroxylation is 1. The SMILES string of the molecule is Cn1cc(/C=C/C(=O)O)c2c(Oc3ccc(Cl)c(F)c3)cccc21. The van der Waals surface area contributed by atoms with Gasteiger partial charge in [-0.3, -0.25) is 0 Å². The van der Waals surface area contributed by atoms with Crippen LogP contribution in [0.1, 0.15) is 5.56 Å². The molecule has 0 radical (unpaired) electrons. The van der Waals surface area contributed by atoms with Crippen LogP contribution in [0.4, 0.5) is 4.39 Å². The molecule has 0 amide bonds. The highest BCUT2D eigenvalue weighted by atomic mass is 35.5. The molecule has 0 saturated carbocycles. The number of aliphatic carboxylic acids is 1. The van der Waals surface area contributed by atoms with Gasteiger partial charge in [0.05, 0.1) is 10.5 Å². The maximum absolute atomic E-state index is 13.6. The maximum atomic E-state index is 13.6.